The van der Waals surface area contributed by atoms with E-state index in [2.05, 4.69) is 0 Å². The minimum absolute atomic E-state index is 0.0881. The van der Waals surface area contributed by atoms with Gasteiger partial charge in [-0.3, -0.25) is 4.79 Å². The minimum atomic E-state index is -1.49. The van der Waals surface area contributed by atoms with Crippen molar-refractivity contribution in [2.24, 2.45) is 0 Å². The third-order valence-corrected chi connectivity index (χ3v) is 3.00. The molecular formula is C15H18NO6-. The molecule has 1 atom stereocenters. The first-order valence-electron chi connectivity index (χ1n) is 6.94. The average Bonchev–Trinajstić information content (AvgIpc) is 2.46. The largest absolute Gasteiger partial charge is 0.550 e. The van der Waals surface area contributed by atoms with Gasteiger partial charge in [-0.05, 0) is 31.2 Å². The highest BCUT2D eigenvalue weighted by atomic mass is 16.5. The fourth-order valence-electron chi connectivity index (χ4n) is 1.91. The van der Waals surface area contributed by atoms with E-state index in [0.29, 0.717) is 17.9 Å². The predicted octanol–water partition coefficient (Wildman–Crippen LogP) is -2.52. The Balaban J connectivity index is 2.47. The molecule has 1 aromatic rings. The maximum Gasteiger partial charge on any atom is 0.168 e. The third kappa shape index (κ3) is 5.92. The molecule has 0 spiro atoms. The van der Waals surface area contributed by atoms with Crippen molar-refractivity contribution in [2.45, 2.75) is 25.8 Å². The number of quaternary nitrogens is 1. The topological polar surface area (TPSA) is 123 Å². The van der Waals surface area contributed by atoms with Gasteiger partial charge in [0.2, 0.25) is 0 Å². The van der Waals surface area contributed by atoms with E-state index in [1.54, 1.807) is 24.3 Å². The third-order valence-electron chi connectivity index (χ3n) is 3.00. The van der Waals surface area contributed by atoms with Crippen LogP contribution in [-0.2, 0) is 9.59 Å². The van der Waals surface area contributed by atoms with Crippen LogP contribution in [0.15, 0.2) is 24.3 Å². The molecule has 1 rings (SSSR count). The smallest absolute Gasteiger partial charge is 0.168 e. The van der Waals surface area contributed by atoms with Crippen LogP contribution in [0.1, 0.15) is 30.1 Å². The summed E-state index contributed by atoms with van der Waals surface area (Å²) in [4.78, 5) is 33.1. The Morgan fingerprint density at radius 1 is 1.18 bits per heavy atom. The molecule has 0 saturated heterocycles. The van der Waals surface area contributed by atoms with Gasteiger partial charge in [-0.25, -0.2) is 0 Å². The number of carboxylic acid groups (broad SMARTS) is 2. The van der Waals surface area contributed by atoms with Crippen LogP contribution < -0.4 is 20.3 Å². The molecule has 0 bridgehead atoms. The summed E-state index contributed by atoms with van der Waals surface area (Å²) in [6.07, 6.45) is -0.565. The normalized spacial score (nSPS) is 11.7. The molecule has 0 amide bonds. The number of ether oxygens (including phenoxy) is 1. The summed E-state index contributed by atoms with van der Waals surface area (Å²) >= 11 is 0. The Kier molecular flexibility index (Phi) is 7.04. The number of hydrogen-bond donors (Lipinski definition) is 1. The number of rotatable bonds is 10. The standard InChI is InChI=1S/C15H19NO6/c1-2-22-11-5-3-10(4-6-11)13(17)7-8-16-12(15(20)21)9-14(18)19/h3-6,12,16H,2,7-9H2,1H3,(H,18,19)(H,20,21)/p-1/t12-/m0/s1. The van der Waals surface area contributed by atoms with Gasteiger partial charge in [0.25, 0.3) is 0 Å². The van der Waals surface area contributed by atoms with Gasteiger partial charge in [-0.15, -0.1) is 0 Å². The van der Waals surface area contributed by atoms with Gasteiger partial charge >= 0.3 is 0 Å². The van der Waals surface area contributed by atoms with Crippen molar-refractivity contribution in [3.63, 3.8) is 0 Å². The summed E-state index contributed by atoms with van der Waals surface area (Å²) in [6.45, 7) is 2.54. The van der Waals surface area contributed by atoms with E-state index < -0.39 is 24.4 Å². The summed E-state index contributed by atoms with van der Waals surface area (Å²) in [5, 5.41) is 22.4. The molecular weight excluding hydrogens is 290 g/mol. The Morgan fingerprint density at radius 2 is 1.82 bits per heavy atom. The first-order valence-corrected chi connectivity index (χ1v) is 6.94. The van der Waals surface area contributed by atoms with E-state index in [-0.39, 0.29) is 18.7 Å². The summed E-state index contributed by atoms with van der Waals surface area (Å²) in [5.74, 6) is -2.46. The average molecular weight is 308 g/mol. The molecule has 2 N–H and O–H groups in total. The van der Waals surface area contributed by atoms with E-state index in [0.717, 1.165) is 0 Å². The first kappa shape index (κ1) is 17.6. The van der Waals surface area contributed by atoms with Gasteiger partial charge in [0.15, 0.2) is 5.78 Å². The van der Waals surface area contributed by atoms with Gasteiger partial charge in [-0.1, -0.05) is 0 Å². The highest BCUT2D eigenvalue weighted by Crippen LogP contribution is 2.13. The van der Waals surface area contributed by atoms with E-state index in [1.165, 1.54) is 5.32 Å². The molecule has 0 heterocycles. The molecule has 0 aliphatic heterocycles. The van der Waals surface area contributed by atoms with Gasteiger partial charge in [-0.2, -0.15) is 0 Å². The quantitative estimate of drug-likeness (QED) is 0.476. The van der Waals surface area contributed by atoms with Crippen LogP contribution in [0, 0.1) is 0 Å². The monoisotopic (exact) mass is 308 g/mol. The van der Waals surface area contributed by atoms with Crippen LogP contribution in [0.25, 0.3) is 0 Å². The van der Waals surface area contributed by atoms with Gasteiger partial charge in [0.05, 0.1) is 25.5 Å². The van der Waals surface area contributed by atoms with Crippen molar-refractivity contribution in [1.82, 2.24) is 0 Å². The second-order valence-corrected chi connectivity index (χ2v) is 4.66. The van der Waals surface area contributed by atoms with E-state index in [1.807, 2.05) is 6.92 Å². The molecule has 0 fully saturated rings. The lowest BCUT2D eigenvalue weighted by atomic mass is 10.1. The summed E-state index contributed by atoms with van der Waals surface area (Å²) in [7, 11) is 0. The molecule has 0 aliphatic rings. The van der Waals surface area contributed by atoms with E-state index in [9.17, 15) is 24.6 Å². The number of ketones is 1. The summed E-state index contributed by atoms with van der Waals surface area (Å²) < 4.78 is 5.27. The Morgan fingerprint density at radius 3 is 2.32 bits per heavy atom. The molecule has 0 aromatic heterocycles. The number of carbonyl (C=O) groups excluding carboxylic acids is 3. The van der Waals surface area contributed by atoms with Crippen molar-refractivity contribution in [3.05, 3.63) is 29.8 Å². The predicted molar refractivity (Wildman–Crippen MR) is 71.8 cm³/mol. The lowest BCUT2D eigenvalue weighted by molar-refractivity contribution is -0.682. The molecule has 0 saturated carbocycles. The van der Waals surface area contributed by atoms with Crippen molar-refractivity contribution in [2.75, 3.05) is 13.2 Å². The number of Topliss-reactive ketones (excluding diaryl/α,β-unsaturated/α-hetero) is 1. The van der Waals surface area contributed by atoms with Crippen molar-refractivity contribution >= 4 is 17.7 Å². The van der Waals surface area contributed by atoms with Crippen molar-refractivity contribution in [3.8, 4) is 5.75 Å². The Hall–Kier alpha value is -2.41. The molecule has 22 heavy (non-hydrogen) atoms. The highest BCUT2D eigenvalue weighted by Gasteiger charge is 2.15. The van der Waals surface area contributed by atoms with Gasteiger partial charge < -0.3 is 29.9 Å². The Labute approximate surface area is 127 Å². The first-order chi connectivity index (χ1) is 10.4. The van der Waals surface area contributed by atoms with Crippen LogP contribution in [-0.4, -0.2) is 36.9 Å². The number of aliphatic carboxylic acids is 2. The zero-order valence-corrected chi connectivity index (χ0v) is 12.2. The van der Waals surface area contributed by atoms with Crippen LogP contribution in [0.2, 0.25) is 0 Å². The second kappa shape index (κ2) is 8.78. The van der Waals surface area contributed by atoms with Crippen LogP contribution in [0.5, 0.6) is 5.75 Å². The zero-order chi connectivity index (χ0) is 16.5. The number of carbonyl (C=O) groups is 3. The maximum absolute atomic E-state index is 11.9. The van der Waals surface area contributed by atoms with E-state index >= 15 is 0 Å². The van der Waals surface area contributed by atoms with Gasteiger partial charge in [0, 0.05) is 18.0 Å². The lowest BCUT2D eigenvalue weighted by Gasteiger charge is -2.16. The number of hydrogen-bond acceptors (Lipinski definition) is 6. The number of carboxylic acids is 2. The van der Waals surface area contributed by atoms with Crippen molar-refractivity contribution in [1.29, 1.82) is 0 Å². The highest BCUT2D eigenvalue weighted by molar-refractivity contribution is 5.96. The fraction of sp³-hybridized carbons (Fsp3) is 0.400. The lowest BCUT2D eigenvalue weighted by Crippen LogP contribution is -2.93. The molecule has 7 heteroatoms. The molecule has 1 aromatic carbocycles. The second-order valence-electron chi connectivity index (χ2n) is 4.66. The van der Waals surface area contributed by atoms with Crippen LogP contribution in [0.3, 0.4) is 0 Å². The number of benzene rings is 1. The zero-order valence-electron chi connectivity index (χ0n) is 12.2. The molecule has 0 aliphatic carbocycles. The van der Waals surface area contributed by atoms with E-state index in [4.69, 9.17) is 4.74 Å². The molecule has 7 nitrogen and oxygen atoms in total. The molecule has 0 unspecified atom stereocenters. The van der Waals surface area contributed by atoms with Gasteiger partial charge in [0.1, 0.15) is 11.8 Å². The number of nitrogens with two attached hydrogens (primary N) is 1. The molecule has 0 radical (unpaired) electrons. The van der Waals surface area contributed by atoms with Crippen LogP contribution in [0.4, 0.5) is 0 Å². The SMILES string of the molecule is CCOc1ccc(C(=O)CC[NH2+][C@@H](CC(=O)[O-])C(=O)[O-])cc1. The fourth-order valence-corrected chi connectivity index (χ4v) is 1.91. The van der Waals surface area contributed by atoms with Crippen LogP contribution >= 0.6 is 0 Å². The Bertz CT molecular complexity index is 525. The maximum atomic E-state index is 11.9. The summed E-state index contributed by atoms with van der Waals surface area (Å²) in [6, 6.07) is 5.37. The van der Waals surface area contributed by atoms with Crippen molar-refractivity contribution < 1.29 is 34.7 Å². The summed E-state index contributed by atoms with van der Waals surface area (Å²) in [5.41, 5.74) is 0.488. The minimum Gasteiger partial charge on any atom is -0.550 e. The molecule has 120 valence electrons.